The Balaban J connectivity index is 1.91. The molecule has 2 aromatic rings. The van der Waals surface area contributed by atoms with Gasteiger partial charge in [0.15, 0.2) is 6.54 Å². The SMILES string of the molecule is Cc1ccc2c(c1)CC[N+](/N=C(\[O-])c1ccccc1)=C2. The van der Waals surface area contributed by atoms with Crippen LogP contribution < -0.4 is 5.11 Å². The first kappa shape index (κ1) is 12.6. The molecule has 3 nitrogen and oxygen atoms in total. The van der Waals surface area contributed by atoms with Gasteiger partial charge in [-0.1, -0.05) is 52.7 Å². The topological polar surface area (TPSA) is 38.4 Å². The minimum absolute atomic E-state index is 0.197. The van der Waals surface area contributed by atoms with E-state index in [4.69, 9.17) is 0 Å². The van der Waals surface area contributed by atoms with E-state index < -0.39 is 0 Å². The molecule has 0 aliphatic carbocycles. The van der Waals surface area contributed by atoms with Gasteiger partial charge in [0.2, 0.25) is 6.21 Å². The Kier molecular flexibility index (Phi) is 3.33. The molecule has 0 amide bonds. The van der Waals surface area contributed by atoms with Crippen molar-refractivity contribution in [1.29, 1.82) is 0 Å². The number of benzene rings is 2. The maximum atomic E-state index is 12.1. The standard InChI is InChI=1S/C17H16N2O/c1-13-7-8-16-12-19(10-9-15(16)11-13)18-17(20)14-5-3-2-4-6-14/h2-8,11-12H,9-10H2,1H3. The lowest BCUT2D eigenvalue weighted by Crippen LogP contribution is -2.25. The molecule has 1 heterocycles. The van der Waals surface area contributed by atoms with E-state index in [2.05, 4.69) is 30.2 Å². The normalized spacial score (nSPS) is 14.7. The molecule has 0 aromatic heterocycles. The van der Waals surface area contributed by atoms with E-state index >= 15 is 0 Å². The average Bonchev–Trinajstić information content (AvgIpc) is 2.48. The summed E-state index contributed by atoms with van der Waals surface area (Å²) in [5.41, 5.74) is 4.36. The van der Waals surface area contributed by atoms with Crippen molar-refractivity contribution in [3.63, 3.8) is 0 Å². The zero-order valence-electron chi connectivity index (χ0n) is 11.4. The number of hydrogen-bond acceptors (Lipinski definition) is 2. The van der Waals surface area contributed by atoms with Crippen molar-refractivity contribution in [2.45, 2.75) is 13.3 Å². The van der Waals surface area contributed by atoms with Crippen molar-refractivity contribution in [2.75, 3.05) is 6.54 Å². The van der Waals surface area contributed by atoms with Crippen LogP contribution >= 0.6 is 0 Å². The Morgan fingerprint density at radius 1 is 1.15 bits per heavy atom. The van der Waals surface area contributed by atoms with Gasteiger partial charge in [0.1, 0.15) is 0 Å². The van der Waals surface area contributed by atoms with Gasteiger partial charge >= 0.3 is 0 Å². The molecule has 0 unspecified atom stereocenters. The fraction of sp³-hybridized carbons (Fsp3) is 0.176. The molecule has 2 aromatic carbocycles. The summed E-state index contributed by atoms with van der Waals surface area (Å²) in [7, 11) is 0. The van der Waals surface area contributed by atoms with Crippen molar-refractivity contribution in [2.24, 2.45) is 5.10 Å². The molecule has 1 aliphatic rings. The molecular formula is C17H16N2O. The largest absolute Gasteiger partial charge is 0.854 e. The predicted octanol–water partition coefficient (Wildman–Crippen LogP) is 1.70. The van der Waals surface area contributed by atoms with E-state index in [1.807, 2.05) is 24.4 Å². The van der Waals surface area contributed by atoms with Crippen LogP contribution in [0.1, 0.15) is 22.3 Å². The summed E-state index contributed by atoms with van der Waals surface area (Å²) in [6, 6.07) is 15.5. The summed E-state index contributed by atoms with van der Waals surface area (Å²) in [6.07, 6.45) is 2.86. The first-order chi connectivity index (χ1) is 9.72. The highest BCUT2D eigenvalue weighted by molar-refractivity contribution is 5.90. The van der Waals surface area contributed by atoms with Crippen molar-refractivity contribution < 1.29 is 9.79 Å². The van der Waals surface area contributed by atoms with Gasteiger partial charge in [-0.15, -0.1) is 0 Å². The quantitative estimate of drug-likeness (QED) is 0.462. The lowest BCUT2D eigenvalue weighted by atomic mass is 10.0. The highest BCUT2D eigenvalue weighted by Crippen LogP contribution is 2.14. The van der Waals surface area contributed by atoms with Crippen LogP contribution in [-0.4, -0.2) is 23.3 Å². The fourth-order valence-electron chi connectivity index (χ4n) is 2.37. The van der Waals surface area contributed by atoms with E-state index in [1.54, 1.807) is 16.8 Å². The van der Waals surface area contributed by atoms with Crippen LogP contribution in [0.25, 0.3) is 0 Å². The molecule has 0 spiro atoms. The molecule has 3 heteroatoms. The van der Waals surface area contributed by atoms with E-state index in [-0.39, 0.29) is 5.90 Å². The monoisotopic (exact) mass is 264 g/mol. The van der Waals surface area contributed by atoms with Crippen LogP contribution in [0.3, 0.4) is 0 Å². The Labute approximate surface area is 118 Å². The van der Waals surface area contributed by atoms with Crippen molar-refractivity contribution in [3.05, 3.63) is 70.8 Å². The third kappa shape index (κ3) is 2.62. The Morgan fingerprint density at radius 3 is 2.75 bits per heavy atom. The second-order valence-corrected chi connectivity index (χ2v) is 5.02. The zero-order chi connectivity index (χ0) is 13.9. The Bertz CT molecular complexity index is 687. The summed E-state index contributed by atoms with van der Waals surface area (Å²) < 4.78 is 1.74. The first-order valence-corrected chi connectivity index (χ1v) is 6.74. The van der Waals surface area contributed by atoms with Crippen molar-refractivity contribution in [3.8, 4) is 0 Å². The second kappa shape index (κ2) is 5.29. The van der Waals surface area contributed by atoms with Crippen LogP contribution in [0, 0.1) is 6.92 Å². The van der Waals surface area contributed by atoms with E-state index in [0.717, 1.165) is 18.5 Å². The average molecular weight is 264 g/mol. The summed E-state index contributed by atoms with van der Waals surface area (Å²) in [4.78, 5) is 0. The maximum Gasteiger partial charge on any atom is 0.203 e. The summed E-state index contributed by atoms with van der Waals surface area (Å²) in [6.45, 7) is 2.84. The van der Waals surface area contributed by atoms with Crippen LogP contribution in [0.5, 0.6) is 0 Å². The second-order valence-electron chi connectivity index (χ2n) is 5.02. The van der Waals surface area contributed by atoms with Crippen molar-refractivity contribution >= 4 is 12.1 Å². The van der Waals surface area contributed by atoms with Gasteiger partial charge in [-0.25, -0.2) is 0 Å². The van der Waals surface area contributed by atoms with E-state index in [0.29, 0.717) is 5.56 Å². The lowest BCUT2D eigenvalue weighted by molar-refractivity contribution is -0.533. The van der Waals surface area contributed by atoms with Gasteiger partial charge < -0.3 is 5.11 Å². The molecule has 3 rings (SSSR count). The highest BCUT2D eigenvalue weighted by atomic mass is 16.3. The van der Waals surface area contributed by atoms with Crippen LogP contribution in [0.4, 0.5) is 0 Å². The van der Waals surface area contributed by atoms with E-state index in [9.17, 15) is 5.11 Å². The molecule has 20 heavy (non-hydrogen) atoms. The number of aryl methyl sites for hydroxylation is 1. The molecule has 1 aliphatic heterocycles. The molecule has 100 valence electrons. The molecule has 0 fully saturated rings. The first-order valence-electron chi connectivity index (χ1n) is 6.74. The van der Waals surface area contributed by atoms with Gasteiger partial charge in [-0.3, -0.25) is 0 Å². The number of nitrogens with zero attached hydrogens (tertiary/aromatic N) is 2. The summed E-state index contributed by atoms with van der Waals surface area (Å²) in [5, 5.41) is 16.2. The molecule has 0 saturated heterocycles. The van der Waals surface area contributed by atoms with Gasteiger partial charge in [0, 0.05) is 12.0 Å². The molecule has 0 atom stereocenters. The number of hydrazone groups is 1. The third-order valence-corrected chi connectivity index (χ3v) is 3.44. The Hall–Kier alpha value is -2.42. The highest BCUT2D eigenvalue weighted by Gasteiger charge is 2.15. The van der Waals surface area contributed by atoms with Crippen LogP contribution in [0.2, 0.25) is 0 Å². The molecule has 0 N–H and O–H groups in total. The molecule has 0 bridgehead atoms. The van der Waals surface area contributed by atoms with Gasteiger partial charge in [0.05, 0.1) is 5.90 Å². The summed E-state index contributed by atoms with van der Waals surface area (Å²) in [5.74, 6) is -0.197. The fourth-order valence-corrected chi connectivity index (χ4v) is 2.37. The zero-order valence-corrected chi connectivity index (χ0v) is 11.4. The number of rotatable bonds is 2. The minimum Gasteiger partial charge on any atom is -0.854 e. The Morgan fingerprint density at radius 2 is 1.95 bits per heavy atom. The third-order valence-electron chi connectivity index (χ3n) is 3.44. The molecule has 0 radical (unpaired) electrons. The van der Waals surface area contributed by atoms with Gasteiger partial charge in [-0.05, 0) is 29.2 Å². The van der Waals surface area contributed by atoms with E-state index in [1.165, 1.54) is 11.1 Å². The molecular weight excluding hydrogens is 248 g/mol. The molecule has 0 saturated carbocycles. The predicted molar refractivity (Wildman–Crippen MR) is 78.2 cm³/mol. The smallest absolute Gasteiger partial charge is 0.203 e. The van der Waals surface area contributed by atoms with Crippen molar-refractivity contribution in [1.82, 2.24) is 0 Å². The van der Waals surface area contributed by atoms with Gasteiger partial charge in [-0.2, -0.15) is 0 Å². The maximum absolute atomic E-state index is 12.1. The summed E-state index contributed by atoms with van der Waals surface area (Å²) >= 11 is 0. The van der Waals surface area contributed by atoms with Crippen LogP contribution in [0.15, 0.2) is 53.6 Å². The minimum atomic E-state index is -0.197. The number of hydrogen-bond donors (Lipinski definition) is 0. The number of fused-ring (bicyclic) bond motifs is 1. The lowest BCUT2D eigenvalue weighted by Gasteiger charge is -2.12. The van der Waals surface area contributed by atoms with Gasteiger partial charge in [0.25, 0.3) is 0 Å². The van der Waals surface area contributed by atoms with Crippen LogP contribution in [-0.2, 0) is 6.42 Å².